The molecule has 144 valence electrons. The molecule has 5 nitrogen and oxygen atoms in total. The molecule has 0 unspecified atom stereocenters. The molecule has 0 atom stereocenters. The summed E-state index contributed by atoms with van der Waals surface area (Å²) in [6.45, 7) is 0.471. The fraction of sp³-hybridized carbons (Fsp3) is 0.0455. The van der Waals surface area contributed by atoms with Crippen LogP contribution in [0, 0.1) is 4.77 Å². The van der Waals surface area contributed by atoms with Crippen LogP contribution in [-0.4, -0.2) is 21.1 Å². The minimum Gasteiger partial charge on any atom is -0.488 e. The summed E-state index contributed by atoms with van der Waals surface area (Å²) in [6.07, 6.45) is 1.73. The third-order valence-corrected chi connectivity index (χ3v) is 5.01. The highest BCUT2D eigenvalue weighted by Crippen LogP contribution is 2.20. The number of para-hydroxylation sites is 1. The van der Waals surface area contributed by atoms with Gasteiger partial charge in [-0.3, -0.25) is 0 Å². The smallest absolute Gasteiger partial charge is 0.216 e. The van der Waals surface area contributed by atoms with Crippen LogP contribution < -0.4 is 4.74 Å². The van der Waals surface area contributed by atoms with Crippen molar-refractivity contribution in [1.29, 1.82) is 0 Å². The Morgan fingerprint density at radius 3 is 2.52 bits per heavy atom. The molecule has 0 spiro atoms. The van der Waals surface area contributed by atoms with Crippen LogP contribution in [-0.2, 0) is 6.61 Å². The summed E-state index contributed by atoms with van der Waals surface area (Å²) in [4.78, 5) is 0. The van der Waals surface area contributed by atoms with Gasteiger partial charge in [0.1, 0.15) is 12.4 Å². The van der Waals surface area contributed by atoms with Gasteiger partial charge in [-0.2, -0.15) is 14.9 Å². The monoisotopic (exact) mass is 464 g/mol. The molecule has 0 fully saturated rings. The van der Waals surface area contributed by atoms with Gasteiger partial charge >= 0.3 is 0 Å². The summed E-state index contributed by atoms with van der Waals surface area (Å²) < 4.78 is 9.09. The highest BCUT2D eigenvalue weighted by Gasteiger charge is 2.08. The van der Waals surface area contributed by atoms with Gasteiger partial charge in [-0.25, -0.2) is 5.10 Å². The van der Waals surface area contributed by atoms with E-state index in [1.807, 2.05) is 78.9 Å². The minimum absolute atomic E-state index is 0.424. The second-order valence-electron chi connectivity index (χ2n) is 6.23. The SMILES string of the molecule is S=c1[nH]nc(-c2ccccc2)n1/N=C\c1ccccc1OCc1ccc(Br)cc1. The molecule has 1 N–H and O–H groups in total. The van der Waals surface area contributed by atoms with Gasteiger partial charge in [0.25, 0.3) is 0 Å². The van der Waals surface area contributed by atoms with Gasteiger partial charge in [-0.15, -0.1) is 0 Å². The Balaban J connectivity index is 1.58. The largest absolute Gasteiger partial charge is 0.488 e. The third kappa shape index (κ3) is 4.70. The van der Waals surface area contributed by atoms with Crippen molar-refractivity contribution >= 4 is 34.4 Å². The first-order chi connectivity index (χ1) is 14.2. The second kappa shape index (κ2) is 8.98. The van der Waals surface area contributed by atoms with Gasteiger partial charge in [0, 0.05) is 15.6 Å². The van der Waals surface area contributed by atoms with E-state index in [1.54, 1.807) is 10.9 Å². The Morgan fingerprint density at radius 1 is 1.00 bits per heavy atom. The van der Waals surface area contributed by atoms with E-state index in [4.69, 9.17) is 17.0 Å². The van der Waals surface area contributed by atoms with E-state index in [0.29, 0.717) is 17.2 Å². The van der Waals surface area contributed by atoms with E-state index in [0.717, 1.165) is 26.9 Å². The standard InChI is InChI=1S/C22H17BrN4OS/c23-19-12-10-16(11-13-19)15-28-20-9-5-4-8-18(20)14-24-27-21(25-26-22(27)29)17-6-2-1-3-7-17/h1-14H,15H2,(H,26,29)/b24-14-. The van der Waals surface area contributed by atoms with E-state index < -0.39 is 0 Å². The average molecular weight is 465 g/mol. The highest BCUT2D eigenvalue weighted by molar-refractivity contribution is 9.10. The van der Waals surface area contributed by atoms with Crippen molar-refractivity contribution < 1.29 is 4.74 Å². The van der Waals surface area contributed by atoms with Crippen LogP contribution in [0.2, 0.25) is 0 Å². The molecule has 4 rings (SSSR count). The van der Waals surface area contributed by atoms with Crippen molar-refractivity contribution in [1.82, 2.24) is 14.9 Å². The second-order valence-corrected chi connectivity index (χ2v) is 7.53. The summed E-state index contributed by atoms with van der Waals surface area (Å²) in [5.41, 5.74) is 2.87. The molecule has 0 saturated carbocycles. The van der Waals surface area contributed by atoms with Crippen molar-refractivity contribution in [3.63, 3.8) is 0 Å². The van der Waals surface area contributed by atoms with Gasteiger partial charge in [0.2, 0.25) is 4.77 Å². The van der Waals surface area contributed by atoms with E-state index >= 15 is 0 Å². The lowest BCUT2D eigenvalue weighted by Crippen LogP contribution is -1.99. The van der Waals surface area contributed by atoms with Crippen LogP contribution in [0.25, 0.3) is 11.4 Å². The molecule has 29 heavy (non-hydrogen) atoms. The Bertz CT molecular complexity index is 1180. The van der Waals surface area contributed by atoms with Gasteiger partial charge in [-0.05, 0) is 42.0 Å². The molecule has 0 radical (unpaired) electrons. The maximum Gasteiger partial charge on any atom is 0.216 e. The molecule has 3 aromatic carbocycles. The van der Waals surface area contributed by atoms with Gasteiger partial charge in [-0.1, -0.05) is 70.5 Å². The first-order valence-electron chi connectivity index (χ1n) is 8.94. The van der Waals surface area contributed by atoms with Crippen molar-refractivity contribution in [3.05, 3.63) is 99.2 Å². The number of hydrogen-bond acceptors (Lipinski definition) is 4. The molecule has 0 amide bonds. The van der Waals surface area contributed by atoms with Crippen molar-refractivity contribution in [3.8, 4) is 17.1 Å². The Hall–Kier alpha value is -3.03. The molecule has 1 aromatic heterocycles. The predicted octanol–water partition coefficient (Wildman–Crippen LogP) is 5.83. The zero-order valence-corrected chi connectivity index (χ0v) is 17.7. The molecule has 7 heteroatoms. The quantitative estimate of drug-likeness (QED) is 0.288. The van der Waals surface area contributed by atoms with Crippen LogP contribution in [0.1, 0.15) is 11.1 Å². The predicted molar refractivity (Wildman–Crippen MR) is 121 cm³/mol. The van der Waals surface area contributed by atoms with Gasteiger partial charge in [0.05, 0.1) is 6.21 Å². The lowest BCUT2D eigenvalue weighted by molar-refractivity contribution is 0.306. The number of hydrogen-bond donors (Lipinski definition) is 1. The number of rotatable bonds is 6. The van der Waals surface area contributed by atoms with Crippen LogP contribution in [0.15, 0.2) is 88.4 Å². The fourth-order valence-electron chi connectivity index (χ4n) is 2.75. The Labute approximate surface area is 181 Å². The van der Waals surface area contributed by atoms with Crippen LogP contribution >= 0.6 is 28.1 Å². The average Bonchev–Trinajstić information content (AvgIpc) is 3.13. The van der Waals surface area contributed by atoms with E-state index in [9.17, 15) is 0 Å². The first kappa shape index (κ1) is 19.3. The molecule has 0 aliphatic rings. The van der Waals surface area contributed by atoms with Crippen molar-refractivity contribution in [2.45, 2.75) is 6.61 Å². The number of nitrogens with zero attached hydrogens (tertiary/aromatic N) is 3. The zero-order chi connectivity index (χ0) is 20.1. The number of benzene rings is 3. The number of aromatic nitrogens is 3. The maximum atomic E-state index is 6.01. The van der Waals surface area contributed by atoms with Gasteiger partial charge in [0.15, 0.2) is 5.82 Å². The maximum absolute atomic E-state index is 6.01. The summed E-state index contributed by atoms with van der Waals surface area (Å²) in [5.74, 6) is 1.40. The topological polar surface area (TPSA) is 55.2 Å². The first-order valence-corrected chi connectivity index (χ1v) is 10.1. The Morgan fingerprint density at radius 2 is 1.72 bits per heavy atom. The highest BCUT2D eigenvalue weighted by atomic mass is 79.9. The normalized spacial score (nSPS) is 11.1. The fourth-order valence-corrected chi connectivity index (χ4v) is 3.20. The molecular formula is C22H17BrN4OS. The molecular weight excluding hydrogens is 448 g/mol. The lowest BCUT2D eigenvalue weighted by Gasteiger charge is -2.09. The number of aromatic amines is 1. The van der Waals surface area contributed by atoms with Gasteiger partial charge < -0.3 is 4.74 Å². The third-order valence-electron chi connectivity index (χ3n) is 4.22. The van der Waals surface area contributed by atoms with E-state index in [1.165, 1.54) is 0 Å². The van der Waals surface area contributed by atoms with E-state index in [2.05, 4.69) is 31.2 Å². The minimum atomic E-state index is 0.424. The molecule has 4 aromatic rings. The number of H-pyrrole nitrogens is 1. The molecule has 0 aliphatic heterocycles. The number of halogens is 1. The number of nitrogens with one attached hydrogen (secondary N) is 1. The molecule has 0 saturated heterocycles. The van der Waals surface area contributed by atoms with Crippen molar-refractivity contribution in [2.75, 3.05) is 0 Å². The van der Waals surface area contributed by atoms with Crippen molar-refractivity contribution in [2.24, 2.45) is 5.10 Å². The molecule has 1 heterocycles. The number of ether oxygens (including phenoxy) is 1. The van der Waals surface area contributed by atoms with Crippen LogP contribution in [0.5, 0.6) is 5.75 Å². The zero-order valence-electron chi connectivity index (χ0n) is 15.3. The Kier molecular flexibility index (Phi) is 5.97. The molecule has 0 aliphatic carbocycles. The summed E-state index contributed by atoms with van der Waals surface area (Å²) in [5, 5.41) is 11.7. The summed E-state index contributed by atoms with van der Waals surface area (Å²) >= 11 is 8.79. The van der Waals surface area contributed by atoms with Crippen LogP contribution in [0.3, 0.4) is 0 Å². The van der Waals surface area contributed by atoms with Crippen LogP contribution in [0.4, 0.5) is 0 Å². The molecule has 0 bridgehead atoms. The van der Waals surface area contributed by atoms with E-state index in [-0.39, 0.29) is 0 Å². The lowest BCUT2D eigenvalue weighted by atomic mass is 10.2. The summed E-state index contributed by atoms with van der Waals surface area (Å²) in [6, 6.07) is 25.6. The summed E-state index contributed by atoms with van der Waals surface area (Å²) in [7, 11) is 0.